The molecule has 2 aromatic heterocycles. The third kappa shape index (κ3) is 2.93. The number of fused-ring (bicyclic) bond motifs is 1. The van der Waals surface area contributed by atoms with Crippen molar-refractivity contribution in [2.24, 2.45) is 0 Å². The number of benzene rings is 1. The third-order valence-electron chi connectivity index (χ3n) is 3.59. The second-order valence-corrected chi connectivity index (χ2v) is 6.07. The summed E-state index contributed by atoms with van der Waals surface area (Å²) < 4.78 is 13.2. The molecule has 7 heteroatoms. The molecule has 6 nitrogen and oxygen atoms in total. The molecule has 23 heavy (non-hydrogen) atoms. The highest BCUT2D eigenvalue weighted by Crippen LogP contribution is 2.39. The van der Waals surface area contributed by atoms with E-state index in [1.165, 1.54) is 0 Å². The van der Waals surface area contributed by atoms with Gasteiger partial charge >= 0.3 is 0 Å². The van der Waals surface area contributed by atoms with Crippen molar-refractivity contribution in [2.45, 2.75) is 13.1 Å². The van der Waals surface area contributed by atoms with Crippen LogP contribution in [0.1, 0.15) is 10.7 Å². The average molecular weight is 328 g/mol. The fraction of sp³-hybridized carbons (Fsp3) is 0.250. The Morgan fingerprint density at radius 3 is 2.91 bits per heavy atom. The lowest BCUT2D eigenvalue weighted by Gasteiger charge is -2.16. The van der Waals surface area contributed by atoms with E-state index in [0.717, 1.165) is 27.9 Å². The zero-order valence-corrected chi connectivity index (χ0v) is 13.3. The molecule has 0 amide bonds. The van der Waals surface area contributed by atoms with E-state index in [1.54, 1.807) is 17.7 Å². The van der Waals surface area contributed by atoms with E-state index in [1.807, 2.05) is 40.3 Å². The van der Waals surface area contributed by atoms with Gasteiger partial charge in [0.2, 0.25) is 0 Å². The Balaban J connectivity index is 1.43. The molecule has 1 aromatic carbocycles. The fourth-order valence-electron chi connectivity index (χ4n) is 2.51. The number of para-hydroxylation sites is 1. The first-order valence-corrected chi connectivity index (χ1v) is 8.31. The van der Waals surface area contributed by atoms with Crippen molar-refractivity contribution in [1.82, 2.24) is 20.1 Å². The van der Waals surface area contributed by atoms with E-state index in [4.69, 9.17) is 9.47 Å². The maximum atomic E-state index is 5.69. The van der Waals surface area contributed by atoms with Gasteiger partial charge in [0, 0.05) is 17.6 Å². The monoisotopic (exact) mass is 328 g/mol. The first-order chi connectivity index (χ1) is 11.4. The molecule has 0 bridgehead atoms. The Morgan fingerprint density at radius 1 is 1.13 bits per heavy atom. The summed E-state index contributed by atoms with van der Waals surface area (Å²) in [6.45, 7) is 2.57. The Morgan fingerprint density at radius 2 is 2.00 bits per heavy atom. The summed E-state index contributed by atoms with van der Waals surface area (Å²) in [5.41, 5.74) is 1.06. The minimum Gasteiger partial charge on any atom is -0.485 e. The number of thiophene rings is 1. The Bertz CT molecular complexity index is 784. The summed E-state index contributed by atoms with van der Waals surface area (Å²) in [4.78, 5) is 1.14. The van der Waals surface area contributed by atoms with E-state index in [9.17, 15) is 0 Å². The van der Waals surface area contributed by atoms with Crippen LogP contribution in [0.2, 0.25) is 0 Å². The normalized spacial score (nSPS) is 13.2. The van der Waals surface area contributed by atoms with Crippen molar-refractivity contribution in [2.75, 3.05) is 13.2 Å². The van der Waals surface area contributed by atoms with E-state index < -0.39 is 0 Å². The van der Waals surface area contributed by atoms with Gasteiger partial charge in [-0.3, -0.25) is 4.57 Å². The van der Waals surface area contributed by atoms with E-state index >= 15 is 0 Å². The predicted octanol–water partition coefficient (Wildman–Crippen LogP) is 2.39. The molecule has 0 radical (unpaired) electrons. The van der Waals surface area contributed by atoms with Crippen LogP contribution in [0, 0.1) is 0 Å². The largest absolute Gasteiger partial charge is 0.485 e. The zero-order valence-electron chi connectivity index (χ0n) is 12.4. The molecule has 1 aliphatic rings. The van der Waals surface area contributed by atoms with Gasteiger partial charge in [-0.15, -0.1) is 21.5 Å². The van der Waals surface area contributed by atoms with Crippen LogP contribution < -0.4 is 14.8 Å². The summed E-state index contributed by atoms with van der Waals surface area (Å²) in [5, 5.41) is 13.6. The van der Waals surface area contributed by atoms with Gasteiger partial charge in [0.05, 0.1) is 11.4 Å². The van der Waals surface area contributed by atoms with Crippen LogP contribution in [0.5, 0.6) is 11.5 Å². The molecule has 3 heterocycles. The summed E-state index contributed by atoms with van der Waals surface area (Å²) in [6, 6.07) is 10.1. The van der Waals surface area contributed by atoms with Crippen LogP contribution in [0.15, 0.2) is 42.0 Å². The van der Waals surface area contributed by atoms with Gasteiger partial charge in [-0.05, 0) is 12.1 Å². The van der Waals surface area contributed by atoms with Crippen molar-refractivity contribution < 1.29 is 9.47 Å². The molecule has 0 spiro atoms. The number of rotatable bonds is 5. The van der Waals surface area contributed by atoms with Crippen molar-refractivity contribution in [3.05, 3.63) is 52.7 Å². The molecule has 0 aliphatic carbocycles. The highest BCUT2D eigenvalue weighted by Gasteiger charge is 2.18. The van der Waals surface area contributed by atoms with Gasteiger partial charge in [0.1, 0.15) is 19.5 Å². The highest BCUT2D eigenvalue weighted by molar-refractivity contribution is 7.10. The second kappa shape index (κ2) is 6.39. The Kier molecular flexibility index (Phi) is 3.95. The topological polar surface area (TPSA) is 61.2 Å². The standard InChI is InChI=1S/C16H16N4O2S/c1-2-4-12(5-3-1)20-11-18-19-15(20)9-17-8-14-16-13(10-23-14)21-6-7-22-16/h1-5,10-11,17H,6-9H2. The zero-order chi connectivity index (χ0) is 15.5. The number of nitrogens with one attached hydrogen (secondary N) is 1. The van der Waals surface area contributed by atoms with Gasteiger partial charge in [0.15, 0.2) is 17.3 Å². The lowest BCUT2D eigenvalue weighted by atomic mass is 10.3. The molecular formula is C16H16N4O2S. The molecule has 118 valence electrons. The molecule has 3 aromatic rings. The van der Waals surface area contributed by atoms with Crippen molar-refractivity contribution >= 4 is 11.3 Å². The number of hydrogen-bond donors (Lipinski definition) is 1. The smallest absolute Gasteiger partial charge is 0.176 e. The van der Waals surface area contributed by atoms with Gasteiger partial charge in [-0.2, -0.15) is 0 Å². The van der Waals surface area contributed by atoms with E-state index in [2.05, 4.69) is 15.5 Å². The summed E-state index contributed by atoms with van der Waals surface area (Å²) in [7, 11) is 0. The molecule has 0 unspecified atom stereocenters. The van der Waals surface area contributed by atoms with E-state index in [-0.39, 0.29) is 0 Å². The molecule has 0 fully saturated rings. The van der Waals surface area contributed by atoms with Gasteiger partial charge < -0.3 is 14.8 Å². The number of nitrogens with zero attached hydrogens (tertiary/aromatic N) is 3. The molecule has 0 saturated heterocycles. The number of aromatic nitrogens is 3. The quantitative estimate of drug-likeness (QED) is 0.779. The molecule has 4 rings (SSSR count). The van der Waals surface area contributed by atoms with Crippen molar-refractivity contribution in [3.8, 4) is 17.2 Å². The van der Waals surface area contributed by atoms with Gasteiger partial charge in [-0.25, -0.2) is 0 Å². The maximum absolute atomic E-state index is 5.69. The maximum Gasteiger partial charge on any atom is 0.176 e. The van der Waals surface area contributed by atoms with Crippen LogP contribution in [-0.2, 0) is 13.1 Å². The third-order valence-corrected chi connectivity index (χ3v) is 4.54. The van der Waals surface area contributed by atoms with Crippen LogP contribution in [-0.4, -0.2) is 28.0 Å². The van der Waals surface area contributed by atoms with Crippen LogP contribution >= 0.6 is 11.3 Å². The van der Waals surface area contributed by atoms with Gasteiger partial charge in [0.25, 0.3) is 0 Å². The first kappa shape index (κ1) is 14.2. The lowest BCUT2D eigenvalue weighted by molar-refractivity contribution is 0.172. The number of ether oxygens (including phenoxy) is 2. The summed E-state index contributed by atoms with van der Waals surface area (Å²) in [6.07, 6.45) is 1.73. The van der Waals surface area contributed by atoms with Crippen molar-refractivity contribution in [3.63, 3.8) is 0 Å². The molecule has 0 atom stereocenters. The highest BCUT2D eigenvalue weighted by atomic mass is 32.1. The molecular weight excluding hydrogens is 312 g/mol. The minimum atomic E-state index is 0.610. The van der Waals surface area contributed by atoms with Crippen LogP contribution in [0.3, 0.4) is 0 Å². The first-order valence-electron chi connectivity index (χ1n) is 7.43. The lowest BCUT2D eigenvalue weighted by Crippen LogP contribution is -2.18. The molecule has 0 saturated carbocycles. The van der Waals surface area contributed by atoms with Crippen LogP contribution in [0.25, 0.3) is 5.69 Å². The summed E-state index contributed by atoms with van der Waals surface area (Å²) >= 11 is 1.65. The number of hydrogen-bond acceptors (Lipinski definition) is 6. The van der Waals surface area contributed by atoms with Crippen LogP contribution in [0.4, 0.5) is 0 Å². The average Bonchev–Trinajstić information content (AvgIpc) is 3.23. The van der Waals surface area contributed by atoms with E-state index in [0.29, 0.717) is 26.3 Å². The molecule has 1 aliphatic heterocycles. The second-order valence-electron chi connectivity index (χ2n) is 5.11. The van der Waals surface area contributed by atoms with Crippen molar-refractivity contribution in [1.29, 1.82) is 0 Å². The van der Waals surface area contributed by atoms with Gasteiger partial charge in [-0.1, -0.05) is 18.2 Å². The summed E-state index contributed by atoms with van der Waals surface area (Å²) in [5.74, 6) is 2.60. The SMILES string of the molecule is c1ccc(-n2cnnc2CNCc2scc3c2OCCO3)cc1. The predicted molar refractivity (Wildman–Crippen MR) is 87.2 cm³/mol. The minimum absolute atomic E-state index is 0.610. The molecule has 1 N–H and O–H groups in total. The fourth-order valence-corrected chi connectivity index (χ4v) is 3.39. The Labute approximate surface area is 137 Å². The Hall–Kier alpha value is -2.38.